The summed E-state index contributed by atoms with van der Waals surface area (Å²) >= 11 is 7.81. The first kappa shape index (κ1) is 22.6. The quantitative estimate of drug-likeness (QED) is 0.516. The number of nitrogens with zero attached hydrogens (tertiary/aromatic N) is 1. The van der Waals surface area contributed by atoms with Gasteiger partial charge in [-0.3, -0.25) is 9.69 Å². The molecule has 0 bridgehead atoms. The van der Waals surface area contributed by atoms with E-state index in [9.17, 15) is 4.79 Å². The summed E-state index contributed by atoms with van der Waals surface area (Å²) in [6.45, 7) is 2.87. The van der Waals surface area contributed by atoms with Gasteiger partial charge in [0.05, 0.1) is 18.6 Å². The number of halogens is 1. The fraction of sp³-hybridized carbons (Fsp3) is 0.370. The highest BCUT2D eigenvalue weighted by Gasteiger charge is 2.53. The lowest BCUT2D eigenvalue weighted by atomic mass is 9.72. The Balaban J connectivity index is 1.34. The van der Waals surface area contributed by atoms with Crippen molar-refractivity contribution in [3.8, 4) is 0 Å². The van der Waals surface area contributed by atoms with Crippen LogP contribution in [0.5, 0.6) is 0 Å². The van der Waals surface area contributed by atoms with Gasteiger partial charge in [-0.1, -0.05) is 54.1 Å². The molecule has 1 aromatic heterocycles. The van der Waals surface area contributed by atoms with Crippen LogP contribution in [0.2, 0.25) is 5.02 Å². The third-order valence-corrected chi connectivity index (χ3v) is 8.32. The highest BCUT2D eigenvalue weighted by molar-refractivity contribution is 7.10. The Labute approximate surface area is 204 Å². The zero-order valence-electron chi connectivity index (χ0n) is 18.8. The highest BCUT2D eigenvalue weighted by Crippen LogP contribution is 2.52. The van der Waals surface area contributed by atoms with Gasteiger partial charge in [0.1, 0.15) is 0 Å². The van der Waals surface area contributed by atoms with Gasteiger partial charge in [0.15, 0.2) is 0 Å². The SMILES string of the molecule is CO[C@@H]1[C@@H](NC(=O)Cc2cccs2)c2ccccc2C12CCN(Cc1cccc(Cl)c1)CC2. The van der Waals surface area contributed by atoms with Gasteiger partial charge in [-0.25, -0.2) is 0 Å². The Kier molecular flexibility index (Phi) is 6.57. The second-order valence-electron chi connectivity index (χ2n) is 9.11. The number of hydrogen-bond donors (Lipinski definition) is 1. The van der Waals surface area contributed by atoms with Crippen LogP contribution in [0.25, 0.3) is 0 Å². The highest BCUT2D eigenvalue weighted by atomic mass is 35.5. The molecule has 3 aromatic rings. The van der Waals surface area contributed by atoms with Crippen LogP contribution in [0.15, 0.2) is 66.0 Å². The molecule has 1 aliphatic heterocycles. The number of piperidine rings is 1. The second kappa shape index (κ2) is 9.59. The topological polar surface area (TPSA) is 41.6 Å². The van der Waals surface area contributed by atoms with Crippen molar-refractivity contribution in [2.45, 2.75) is 43.4 Å². The predicted molar refractivity (Wildman–Crippen MR) is 134 cm³/mol. The molecule has 5 rings (SSSR count). The number of nitrogens with one attached hydrogen (secondary N) is 1. The van der Waals surface area contributed by atoms with Crippen LogP contribution in [0.4, 0.5) is 0 Å². The summed E-state index contributed by atoms with van der Waals surface area (Å²) in [6, 6.07) is 20.6. The average Bonchev–Trinajstić information content (AvgIpc) is 3.41. The normalized spacial score (nSPS) is 21.8. The first-order valence-electron chi connectivity index (χ1n) is 11.5. The van der Waals surface area contributed by atoms with Crippen molar-refractivity contribution in [2.24, 2.45) is 0 Å². The summed E-state index contributed by atoms with van der Waals surface area (Å²) in [5, 5.41) is 6.11. The van der Waals surface area contributed by atoms with Crippen LogP contribution in [-0.4, -0.2) is 37.1 Å². The van der Waals surface area contributed by atoms with Crippen LogP contribution in [0, 0.1) is 0 Å². The van der Waals surface area contributed by atoms with E-state index in [0.717, 1.165) is 42.4 Å². The number of likely N-dealkylation sites (tertiary alicyclic amines) is 1. The molecule has 33 heavy (non-hydrogen) atoms. The molecule has 1 spiro atoms. The number of carbonyl (C=O) groups is 1. The van der Waals surface area contributed by atoms with E-state index in [1.54, 1.807) is 18.4 Å². The molecular weight excluding hydrogens is 452 g/mol. The molecule has 2 aromatic carbocycles. The number of carbonyl (C=O) groups excluding carboxylic acids is 1. The molecule has 4 nitrogen and oxygen atoms in total. The standard InChI is InChI=1S/C27H29ClN2O2S/c1-32-26-25(29-24(31)17-21-8-5-15-33-21)22-9-2-3-10-23(22)27(26)11-13-30(14-12-27)18-19-6-4-7-20(28)16-19/h2-10,15-16,25-26H,11-14,17-18H2,1H3,(H,29,31)/t25-,26+/m0/s1. The maximum Gasteiger partial charge on any atom is 0.225 e. The first-order valence-corrected chi connectivity index (χ1v) is 12.8. The van der Waals surface area contributed by atoms with Crippen molar-refractivity contribution in [3.05, 3.63) is 92.6 Å². The van der Waals surface area contributed by atoms with E-state index in [1.807, 2.05) is 35.7 Å². The van der Waals surface area contributed by atoms with Crippen molar-refractivity contribution in [1.29, 1.82) is 0 Å². The lowest BCUT2D eigenvalue weighted by Crippen LogP contribution is -2.50. The van der Waals surface area contributed by atoms with Gasteiger partial charge in [0.25, 0.3) is 0 Å². The molecule has 0 radical (unpaired) electrons. The van der Waals surface area contributed by atoms with E-state index >= 15 is 0 Å². The van der Waals surface area contributed by atoms with Gasteiger partial charge in [0, 0.05) is 29.0 Å². The van der Waals surface area contributed by atoms with Gasteiger partial charge < -0.3 is 10.1 Å². The van der Waals surface area contributed by atoms with Crippen LogP contribution in [0.1, 0.15) is 40.5 Å². The molecule has 1 saturated heterocycles. The minimum absolute atomic E-state index is 0.0507. The summed E-state index contributed by atoms with van der Waals surface area (Å²) in [5.41, 5.74) is 3.69. The molecule has 2 atom stereocenters. The zero-order chi connectivity index (χ0) is 22.8. The maximum absolute atomic E-state index is 12.9. The Morgan fingerprint density at radius 3 is 2.70 bits per heavy atom. The van der Waals surface area contributed by atoms with Crippen molar-refractivity contribution >= 4 is 28.8 Å². The molecule has 2 aliphatic rings. The van der Waals surface area contributed by atoms with Crippen LogP contribution < -0.4 is 5.32 Å². The lowest BCUT2D eigenvalue weighted by Gasteiger charge is -2.44. The Bertz CT molecular complexity index is 1110. The number of amides is 1. The minimum atomic E-state index is -0.127. The van der Waals surface area contributed by atoms with Crippen molar-refractivity contribution in [2.75, 3.05) is 20.2 Å². The molecule has 6 heteroatoms. The number of rotatable bonds is 6. The van der Waals surface area contributed by atoms with E-state index < -0.39 is 0 Å². The van der Waals surface area contributed by atoms with Gasteiger partial charge in [0.2, 0.25) is 5.91 Å². The van der Waals surface area contributed by atoms with Crippen LogP contribution in [0.3, 0.4) is 0 Å². The fourth-order valence-corrected chi connectivity index (χ4v) is 6.64. The van der Waals surface area contributed by atoms with E-state index in [0.29, 0.717) is 6.42 Å². The Hall–Kier alpha value is -2.18. The summed E-state index contributed by atoms with van der Waals surface area (Å²) in [7, 11) is 1.79. The van der Waals surface area contributed by atoms with E-state index in [1.165, 1.54) is 16.7 Å². The molecule has 1 fully saturated rings. The number of hydrogen-bond acceptors (Lipinski definition) is 4. The summed E-state index contributed by atoms with van der Waals surface area (Å²) in [5.74, 6) is 0.0507. The van der Waals surface area contributed by atoms with Crippen molar-refractivity contribution < 1.29 is 9.53 Å². The zero-order valence-corrected chi connectivity index (χ0v) is 20.4. The summed E-state index contributed by atoms with van der Waals surface area (Å²) in [6.07, 6.45) is 2.34. The molecule has 1 amide bonds. The molecule has 1 aliphatic carbocycles. The Morgan fingerprint density at radius 2 is 1.97 bits per heavy atom. The summed E-state index contributed by atoms with van der Waals surface area (Å²) in [4.78, 5) is 16.5. The maximum atomic E-state index is 12.9. The van der Waals surface area contributed by atoms with E-state index in [-0.39, 0.29) is 23.5 Å². The Morgan fingerprint density at radius 1 is 1.15 bits per heavy atom. The third kappa shape index (κ3) is 4.47. The van der Waals surface area contributed by atoms with Gasteiger partial charge >= 0.3 is 0 Å². The molecule has 1 N–H and O–H groups in total. The lowest BCUT2D eigenvalue weighted by molar-refractivity contribution is -0.122. The van der Waals surface area contributed by atoms with E-state index in [2.05, 4.69) is 40.5 Å². The van der Waals surface area contributed by atoms with Gasteiger partial charge in [-0.15, -0.1) is 11.3 Å². The van der Waals surface area contributed by atoms with Gasteiger partial charge in [-0.2, -0.15) is 0 Å². The number of fused-ring (bicyclic) bond motifs is 2. The monoisotopic (exact) mass is 480 g/mol. The van der Waals surface area contributed by atoms with E-state index in [4.69, 9.17) is 16.3 Å². The summed E-state index contributed by atoms with van der Waals surface area (Å²) < 4.78 is 6.16. The second-order valence-corrected chi connectivity index (χ2v) is 10.6. The average molecular weight is 481 g/mol. The molecule has 172 valence electrons. The number of methoxy groups -OCH3 is 1. The predicted octanol–water partition coefficient (Wildman–Crippen LogP) is 5.36. The molecular formula is C27H29ClN2O2S. The van der Waals surface area contributed by atoms with Crippen molar-refractivity contribution in [1.82, 2.24) is 10.2 Å². The largest absolute Gasteiger partial charge is 0.378 e. The number of thiophene rings is 1. The molecule has 2 heterocycles. The molecule has 0 unspecified atom stereocenters. The first-order chi connectivity index (χ1) is 16.1. The smallest absolute Gasteiger partial charge is 0.225 e. The third-order valence-electron chi connectivity index (χ3n) is 7.21. The number of ether oxygens (including phenoxy) is 1. The van der Waals surface area contributed by atoms with Crippen molar-refractivity contribution in [3.63, 3.8) is 0 Å². The number of benzene rings is 2. The van der Waals surface area contributed by atoms with Crippen LogP contribution >= 0.6 is 22.9 Å². The molecule has 0 saturated carbocycles. The van der Waals surface area contributed by atoms with Crippen LogP contribution in [-0.2, 0) is 27.9 Å². The minimum Gasteiger partial charge on any atom is -0.378 e. The van der Waals surface area contributed by atoms with Gasteiger partial charge in [-0.05, 0) is 66.2 Å². The fourth-order valence-electron chi connectivity index (χ4n) is 5.73.